The highest BCUT2D eigenvalue weighted by Gasteiger charge is 2.13. The molecule has 1 heterocycles. The third-order valence-electron chi connectivity index (χ3n) is 1.27. The van der Waals surface area contributed by atoms with E-state index in [1.165, 1.54) is 11.9 Å². The lowest BCUT2D eigenvalue weighted by Crippen LogP contribution is -2.05. The summed E-state index contributed by atoms with van der Waals surface area (Å²) in [5, 5.41) is 16.1. The van der Waals surface area contributed by atoms with Crippen LogP contribution in [0.15, 0.2) is 0 Å². The van der Waals surface area contributed by atoms with Crippen LogP contribution in [0.5, 0.6) is 0 Å². The highest BCUT2D eigenvalue weighted by atomic mass is 16.5. The first-order chi connectivity index (χ1) is 5.65. The average molecular weight is 171 g/mol. The quantitative estimate of drug-likeness (QED) is 0.686. The van der Waals surface area contributed by atoms with Gasteiger partial charge in [0.1, 0.15) is 0 Å². The van der Waals surface area contributed by atoms with E-state index in [0.29, 0.717) is 5.69 Å². The highest BCUT2D eigenvalue weighted by Crippen LogP contribution is 1.99. The summed E-state index contributed by atoms with van der Waals surface area (Å²) in [5.41, 5.74) is 0.353. The van der Waals surface area contributed by atoms with Crippen molar-refractivity contribution < 1.29 is 14.6 Å². The molecule has 1 N–H and O–H groups in total. The largest absolute Gasteiger partial charge is 0.476 e. The van der Waals surface area contributed by atoms with Gasteiger partial charge < -0.3 is 9.84 Å². The van der Waals surface area contributed by atoms with E-state index in [1.54, 1.807) is 6.92 Å². The van der Waals surface area contributed by atoms with Crippen molar-refractivity contribution >= 4 is 5.97 Å². The second-order valence-corrected chi connectivity index (χ2v) is 2.23. The number of methoxy groups -OCH3 is 1. The van der Waals surface area contributed by atoms with E-state index in [0.717, 1.165) is 0 Å². The second-order valence-electron chi connectivity index (χ2n) is 2.23. The number of aromatic nitrogens is 3. The van der Waals surface area contributed by atoms with E-state index in [4.69, 9.17) is 9.84 Å². The summed E-state index contributed by atoms with van der Waals surface area (Å²) in [7, 11) is 1.49. The lowest BCUT2D eigenvalue weighted by molar-refractivity contribution is 0.0684. The SMILES string of the molecule is COCn1nc(C)c(C(=O)O)n1. The summed E-state index contributed by atoms with van der Waals surface area (Å²) >= 11 is 0. The molecule has 0 unspecified atom stereocenters. The van der Waals surface area contributed by atoms with E-state index in [-0.39, 0.29) is 12.4 Å². The van der Waals surface area contributed by atoms with Gasteiger partial charge in [-0.25, -0.2) is 4.79 Å². The van der Waals surface area contributed by atoms with Gasteiger partial charge in [-0.1, -0.05) is 0 Å². The molecular formula is C6H9N3O3. The van der Waals surface area contributed by atoms with E-state index in [1.807, 2.05) is 0 Å². The third-order valence-corrected chi connectivity index (χ3v) is 1.27. The van der Waals surface area contributed by atoms with E-state index >= 15 is 0 Å². The first-order valence-corrected chi connectivity index (χ1v) is 3.29. The van der Waals surface area contributed by atoms with Gasteiger partial charge in [-0.2, -0.15) is 9.90 Å². The van der Waals surface area contributed by atoms with Crippen molar-refractivity contribution in [1.82, 2.24) is 15.0 Å². The fourth-order valence-corrected chi connectivity index (χ4v) is 0.801. The van der Waals surface area contributed by atoms with Crippen LogP contribution in [-0.4, -0.2) is 33.2 Å². The number of ether oxygens (including phenoxy) is 1. The maximum atomic E-state index is 10.5. The van der Waals surface area contributed by atoms with Crippen LogP contribution in [0.1, 0.15) is 16.2 Å². The van der Waals surface area contributed by atoms with E-state index in [9.17, 15) is 4.79 Å². The van der Waals surface area contributed by atoms with Crippen LogP contribution in [0.4, 0.5) is 0 Å². The standard InChI is InChI=1S/C6H9N3O3/c1-4-5(6(10)11)8-9(7-4)3-12-2/h3H2,1-2H3,(H,10,11). The zero-order valence-electron chi connectivity index (χ0n) is 6.81. The molecular weight excluding hydrogens is 162 g/mol. The first kappa shape index (κ1) is 8.66. The molecule has 1 aromatic rings. The minimum atomic E-state index is -1.07. The van der Waals surface area contributed by atoms with Gasteiger partial charge in [0.25, 0.3) is 0 Å². The van der Waals surface area contributed by atoms with Crippen LogP contribution >= 0.6 is 0 Å². The van der Waals surface area contributed by atoms with E-state index in [2.05, 4.69) is 10.2 Å². The van der Waals surface area contributed by atoms with Gasteiger partial charge in [-0.05, 0) is 6.92 Å². The summed E-state index contributed by atoms with van der Waals surface area (Å²) in [6.07, 6.45) is 0. The van der Waals surface area contributed by atoms with Crippen LogP contribution in [0, 0.1) is 6.92 Å². The summed E-state index contributed by atoms with van der Waals surface area (Å²) in [6.45, 7) is 1.75. The van der Waals surface area contributed by atoms with Crippen LogP contribution in [0.25, 0.3) is 0 Å². The molecule has 1 aromatic heterocycles. The lowest BCUT2D eigenvalue weighted by atomic mass is 10.4. The Kier molecular flexibility index (Phi) is 2.39. The number of carboxylic acids is 1. The molecule has 0 aromatic carbocycles. The van der Waals surface area contributed by atoms with Crippen molar-refractivity contribution in [3.8, 4) is 0 Å². The smallest absolute Gasteiger partial charge is 0.358 e. The number of carbonyl (C=O) groups is 1. The Bertz CT molecular complexity index is 294. The molecule has 6 nitrogen and oxygen atoms in total. The zero-order valence-corrected chi connectivity index (χ0v) is 6.81. The molecule has 0 bridgehead atoms. The fourth-order valence-electron chi connectivity index (χ4n) is 0.801. The molecule has 0 saturated heterocycles. The van der Waals surface area contributed by atoms with Crippen molar-refractivity contribution in [2.45, 2.75) is 13.7 Å². The number of aryl methyl sites for hydroxylation is 1. The summed E-state index contributed by atoms with van der Waals surface area (Å²) in [4.78, 5) is 11.7. The van der Waals surface area contributed by atoms with Crippen molar-refractivity contribution in [3.05, 3.63) is 11.4 Å². The minimum absolute atomic E-state index is 0.0351. The average Bonchev–Trinajstić information content (AvgIpc) is 2.32. The number of hydrogen-bond acceptors (Lipinski definition) is 4. The van der Waals surface area contributed by atoms with Crippen molar-refractivity contribution in [1.29, 1.82) is 0 Å². The summed E-state index contributed by atoms with van der Waals surface area (Å²) in [5.74, 6) is -1.07. The Morgan fingerprint density at radius 3 is 2.75 bits per heavy atom. The Hall–Kier alpha value is -1.43. The maximum Gasteiger partial charge on any atom is 0.358 e. The number of aromatic carboxylic acids is 1. The van der Waals surface area contributed by atoms with Gasteiger partial charge in [0.05, 0.1) is 5.69 Å². The Morgan fingerprint density at radius 2 is 2.33 bits per heavy atom. The van der Waals surface area contributed by atoms with Gasteiger partial charge in [0, 0.05) is 7.11 Å². The third kappa shape index (κ3) is 1.59. The molecule has 0 spiro atoms. The lowest BCUT2D eigenvalue weighted by Gasteiger charge is -1.93. The predicted octanol–water partition coefficient (Wildman–Crippen LogP) is -0.111. The molecule has 0 aliphatic carbocycles. The number of nitrogens with zero attached hydrogens (tertiary/aromatic N) is 3. The Balaban J connectivity index is 2.92. The Morgan fingerprint density at radius 1 is 1.67 bits per heavy atom. The first-order valence-electron chi connectivity index (χ1n) is 3.29. The van der Waals surface area contributed by atoms with Gasteiger partial charge in [-0.3, -0.25) is 0 Å². The molecule has 6 heteroatoms. The molecule has 12 heavy (non-hydrogen) atoms. The molecule has 66 valence electrons. The van der Waals surface area contributed by atoms with Gasteiger partial charge >= 0.3 is 5.97 Å². The maximum absolute atomic E-state index is 10.5. The van der Waals surface area contributed by atoms with Crippen LogP contribution in [-0.2, 0) is 11.5 Å². The highest BCUT2D eigenvalue weighted by molar-refractivity contribution is 5.86. The second kappa shape index (κ2) is 3.31. The van der Waals surface area contributed by atoms with Crippen LogP contribution in [0.2, 0.25) is 0 Å². The zero-order chi connectivity index (χ0) is 9.14. The molecule has 0 aliphatic heterocycles. The van der Waals surface area contributed by atoms with Gasteiger partial charge in [0.15, 0.2) is 12.4 Å². The number of hydrogen-bond donors (Lipinski definition) is 1. The Labute approximate surface area is 68.8 Å². The van der Waals surface area contributed by atoms with Crippen molar-refractivity contribution in [2.24, 2.45) is 0 Å². The molecule has 0 atom stereocenters. The molecule has 0 radical (unpaired) electrons. The molecule has 0 amide bonds. The van der Waals surface area contributed by atoms with Crippen molar-refractivity contribution in [2.75, 3.05) is 7.11 Å². The fraction of sp³-hybridized carbons (Fsp3) is 0.500. The summed E-state index contributed by atoms with van der Waals surface area (Å²) < 4.78 is 4.72. The minimum Gasteiger partial charge on any atom is -0.476 e. The van der Waals surface area contributed by atoms with Gasteiger partial charge in [-0.15, -0.1) is 5.10 Å². The van der Waals surface area contributed by atoms with Crippen molar-refractivity contribution in [3.63, 3.8) is 0 Å². The predicted molar refractivity (Wildman–Crippen MR) is 38.7 cm³/mol. The monoisotopic (exact) mass is 171 g/mol. The molecule has 0 fully saturated rings. The van der Waals surface area contributed by atoms with Crippen LogP contribution < -0.4 is 0 Å². The van der Waals surface area contributed by atoms with Crippen LogP contribution in [0.3, 0.4) is 0 Å². The number of carboxylic acid groups (broad SMARTS) is 1. The normalized spacial score (nSPS) is 10.2. The van der Waals surface area contributed by atoms with Gasteiger partial charge in [0.2, 0.25) is 0 Å². The number of rotatable bonds is 3. The molecule has 0 aliphatic rings. The molecule has 0 saturated carbocycles. The topological polar surface area (TPSA) is 77.2 Å². The molecule has 1 rings (SSSR count). The van der Waals surface area contributed by atoms with E-state index < -0.39 is 5.97 Å². The summed E-state index contributed by atoms with van der Waals surface area (Å²) in [6, 6.07) is 0.